The minimum absolute atomic E-state index is 0.187. The third-order valence-electron chi connectivity index (χ3n) is 7.62. The maximum Gasteiger partial charge on any atom is 0.123 e. The topological polar surface area (TPSA) is 27.0 Å². The number of allylic oxidation sites excluding steroid dienone is 2. The molecule has 37 heavy (non-hydrogen) atoms. The Balaban J connectivity index is 1.54. The first kappa shape index (κ1) is 26.4. The lowest BCUT2D eigenvalue weighted by Crippen LogP contribution is -2.28. The molecule has 4 rings (SSSR count). The van der Waals surface area contributed by atoms with Crippen LogP contribution >= 0.6 is 0 Å². The highest BCUT2D eigenvalue weighted by Gasteiger charge is 2.24. The highest BCUT2D eigenvalue weighted by atomic mass is 19.1. The van der Waals surface area contributed by atoms with Gasteiger partial charge in [0.2, 0.25) is 0 Å². The second-order valence-electron chi connectivity index (χ2n) is 10.1. The number of nitrogens with zero attached hydrogens (tertiary/aromatic N) is 2. The van der Waals surface area contributed by atoms with Gasteiger partial charge in [0, 0.05) is 18.3 Å². The van der Waals surface area contributed by atoms with Crippen LogP contribution in [0.4, 0.5) is 4.39 Å². The van der Waals surface area contributed by atoms with Crippen LogP contribution in [0.25, 0.3) is 16.7 Å². The number of hydrogen-bond acceptors (Lipinski definition) is 2. The molecule has 0 radical (unpaired) electrons. The first-order valence-corrected chi connectivity index (χ1v) is 13.5. The summed E-state index contributed by atoms with van der Waals surface area (Å²) in [5.74, 6) is -0.187. The lowest BCUT2D eigenvalue weighted by molar-refractivity contribution is 0.301. The molecule has 3 heteroatoms. The first-order chi connectivity index (χ1) is 18.0. The third kappa shape index (κ3) is 6.57. The fraction of sp³-hybridized carbons (Fsp3) is 0.324. The molecule has 1 saturated heterocycles. The van der Waals surface area contributed by atoms with Crippen molar-refractivity contribution in [1.82, 2.24) is 4.90 Å². The zero-order chi connectivity index (χ0) is 26.2. The van der Waals surface area contributed by atoms with E-state index in [2.05, 4.69) is 49.2 Å². The standard InChI is InChI=1S/C34H37FN2/c1-4-26(3)37-21-9-15-32(37)19-17-25(2)33-20-18-29(34-16-6-5-12-30(34)24-36)23-28(33)13-7-10-27-11-8-14-31(35)22-27/h5-6,8,11-12,14,16,18,20,22-23,32H,2-4,7,9-10,13,15,17,19,21H2,1H3/t32-/m1/s1. The van der Waals surface area contributed by atoms with Gasteiger partial charge in [0.25, 0.3) is 0 Å². The molecule has 3 aromatic rings. The molecule has 190 valence electrons. The van der Waals surface area contributed by atoms with Crippen molar-refractivity contribution in [1.29, 1.82) is 5.26 Å². The predicted molar refractivity (Wildman–Crippen MR) is 152 cm³/mol. The van der Waals surface area contributed by atoms with E-state index < -0.39 is 0 Å². The van der Waals surface area contributed by atoms with Crippen LogP contribution in [0.3, 0.4) is 0 Å². The zero-order valence-corrected chi connectivity index (χ0v) is 22.0. The van der Waals surface area contributed by atoms with Gasteiger partial charge in [-0.25, -0.2) is 4.39 Å². The first-order valence-electron chi connectivity index (χ1n) is 13.5. The Kier molecular flexibility index (Phi) is 8.96. The van der Waals surface area contributed by atoms with Gasteiger partial charge in [-0.3, -0.25) is 0 Å². The Labute approximate surface area is 221 Å². The molecule has 0 aromatic heterocycles. The van der Waals surface area contributed by atoms with Gasteiger partial charge >= 0.3 is 0 Å². The molecule has 1 fully saturated rings. The smallest absolute Gasteiger partial charge is 0.123 e. The molecule has 0 aliphatic carbocycles. The van der Waals surface area contributed by atoms with Crippen molar-refractivity contribution in [3.63, 3.8) is 0 Å². The summed E-state index contributed by atoms with van der Waals surface area (Å²) in [6.07, 6.45) is 8.08. The van der Waals surface area contributed by atoms with Crippen molar-refractivity contribution >= 4 is 5.57 Å². The predicted octanol–water partition coefficient (Wildman–Crippen LogP) is 8.72. The molecule has 0 amide bonds. The minimum Gasteiger partial charge on any atom is -0.372 e. The Morgan fingerprint density at radius 2 is 1.89 bits per heavy atom. The number of halogens is 1. The Morgan fingerprint density at radius 3 is 2.68 bits per heavy atom. The maximum absolute atomic E-state index is 13.7. The van der Waals surface area contributed by atoms with E-state index in [0.717, 1.165) is 67.3 Å². The molecule has 1 aliphatic heterocycles. The van der Waals surface area contributed by atoms with Crippen LogP contribution in [0.15, 0.2) is 85.6 Å². The number of likely N-dealkylation sites (tertiary alicyclic amines) is 1. The van der Waals surface area contributed by atoms with Crippen molar-refractivity contribution in [2.24, 2.45) is 0 Å². The lowest BCUT2D eigenvalue weighted by atomic mass is 9.89. The Hall–Kier alpha value is -3.64. The monoisotopic (exact) mass is 492 g/mol. The summed E-state index contributed by atoms with van der Waals surface area (Å²) < 4.78 is 13.7. The average Bonchev–Trinajstić information content (AvgIpc) is 3.40. The van der Waals surface area contributed by atoms with Crippen molar-refractivity contribution in [3.05, 3.63) is 114 Å². The SMILES string of the molecule is C=C(CC[C@H]1CCCN1C(=C)CC)c1ccc(-c2ccccc2C#N)cc1CCCc1cccc(F)c1. The van der Waals surface area contributed by atoms with Crippen LogP contribution in [0.1, 0.15) is 67.7 Å². The summed E-state index contributed by atoms with van der Waals surface area (Å²) in [5, 5.41) is 9.63. The number of hydrogen-bond donors (Lipinski definition) is 0. The third-order valence-corrected chi connectivity index (χ3v) is 7.62. The quantitative estimate of drug-likeness (QED) is 0.268. The van der Waals surface area contributed by atoms with E-state index in [-0.39, 0.29) is 5.82 Å². The average molecular weight is 493 g/mol. The van der Waals surface area contributed by atoms with Crippen molar-refractivity contribution in [2.75, 3.05) is 6.54 Å². The van der Waals surface area contributed by atoms with E-state index in [1.54, 1.807) is 12.1 Å². The normalized spacial score (nSPS) is 14.9. The Morgan fingerprint density at radius 1 is 1.05 bits per heavy atom. The van der Waals surface area contributed by atoms with Gasteiger partial charge < -0.3 is 4.90 Å². The van der Waals surface area contributed by atoms with Crippen molar-refractivity contribution in [2.45, 2.75) is 64.3 Å². The molecule has 0 unspecified atom stereocenters. The fourth-order valence-electron chi connectivity index (χ4n) is 5.55. The summed E-state index contributed by atoms with van der Waals surface area (Å²) in [6.45, 7) is 12.1. The number of nitriles is 1. The molecule has 1 aliphatic rings. The molecule has 1 heterocycles. The maximum atomic E-state index is 13.7. The van der Waals surface area contributed by atoms with Crippen molar-refractivity contribution in [3.8, 4) is 17.2 Å². The Bertz CT molecular complexity index is 1300. The van der Waals surface area contributed by atoms with Crippen LogP contribution < -0.4 is 0 Å². The number of aryl methyl sites for hydroxylation is 2. The summed E-state index contributed by atoms with van der Waals surface area (Å²) in [7, 11) is 0. The van der Waals surface area contributed by atoms with E-state index >= 15 is 0 Å². The highest BCUT2D eigenvalue weighted by Crippen LogP contribution is 2.33. The van der Waals surface area contributed by atoms with Gasteiger partial charge in [-0.1, -0.05) is 68.6 Å². The van der Waals surface area contributed by atoms with Crippen molar-refractivity contribution < 1.29 is 4.39 Å². The molecular weight excluding hydrogens is 455 g/mol. The number of benzene rings is 3. The summed E-state index contributed by atoms with van der Waals surface area (Å²) in [6, 6.07) is 24.0. The van der Waals surface area contributed by atoms with Crippen LogP contribution in [0.2, 0.25) is 0 Å². The van der Waals surface area contributed by atoms with Crippen LogP contribution in [0, 0.1) is 17.1 Å². The highest BCUT2D eigenvalue weighted by molar-refractivity contribution is 5.75. The van der Waals surface area contributed by atoms with Gasteiger partial charge in [0.05, 0.1) is 11.6 Å². The largest absolute Gasteiger partial charge is 0.372 e. The molecule has 0 N–H and O–H groups in total. The zero-order valence-electron chi connectivity index (χ0n) is 22.0. The van der Waals surface area contributed by atoms with E-state index in [1.165, 1.54) is 35.7 Å². The fourth-order valence-corrected chi connectivity index (χ4v) is 5.55. The summed E-state index contributed by atoms with van der Waals surface area (Å²) in [4.78, 5) is 2.50. The van der Waals surface area contributed by atoms with Gasteiger partial charge in [-0.15, -0.1) is 0 Å². The van der Waals surface area contributed by atoms with Gasteiger partial charge in [-0.05, 0) is 103 Å². The van der Waals surface area contributed by atoms with Crippen LogP contribution in [-0.2, 0) is 12.8 Å². The molecule has 3 aromatic carbocycles. The lowest BCUT2D eigenvalue weighted by Gasteiger charge is -2.28. The van der Waals surface area contributed by atoms with E-state index in [0.29, 0.717) is 11.6 Å². The molecule has 0 saturated carbocycles. The minimum atomic E-state index is -0.187. The molecule has 0 spiro atoms. The molecule has 2 nitrogen and oxygen atoms in total. The summed E-state index contributed by atoms with van der Waals surface area (Å²) >= 11 is 0. The van der Waals surface area contributed by atoms with Gasteiger partial charge in [-0.2, -0.15) is 5.26 Å². The van der Waals surface area contributed by atoms with E-state index in [9.17, 15) is 9.65 Å². The van der Waals surface area contributed by atoms with Crippen LogP contribution in [-0.4, -0.2) is 17.5 Å². The van der Waals surface area contributed by atoms with Gasteiger partial charge in [0.1, 0.15) is 5.82 Å². The molecule has 1 atom stereocenters. The second-order valence-corrected chi connectivity index (χ2v) is 10.1. The van der Waals surface area contributed by atoms with E-state index in [4.69, 9.17) is 0 Å². The van der Waals surface area contributed by atoms with E-state index in [1.807, 2.05) is 30.3 Å². The van der Waals surface area contributed by atoms with Crippen LogP contribution in [0.5, 0.6) is 0 Å². The second kappa shape index (κ2) is 12.5. The number of rotatable bonds is 11. The summed E-state index contributed by atoms with van der Waals surface area (Å²) in [5.41, 5.74) is 8.55. The molecular formula is C34H37FN2. The van der Waals surface area contributed by atoms with Gasteiger partial charge in [0.15, 0.2) is 0 Å². The molecule has 0 bridgehead atoms.